The van der Waals surface area contributed by atoms with Crippen molar-refractivity contribution in [2.24, 2.45) is 0 Å². The minimum atomic E-state index is -1.13. The molecule has 170 valence electrons. The Hall–Kier alpha value is -3.65. The van der Waals surface area contributed by atoms with Gasteiger partial charge in [0.05, 0.1) is 0 Å². The second-order valence-corrected chi connectivity index (χ2v) is 8.86. The minimum Gasteiger partial charge on any atom is -0.480 e. The standard InChI is InChI=1S/C25H24N2O5S/c1-15(24(29)30)27(2)23(28)22(21-12-7-13-33-21)26-25(31)32-14-20-18-10-5-3-8-16(18)17-9-4-6-11-19(17)20/h3-13,15,20,22H,14H2,1-2H3,(H,26,31)(H,29,30). The van der Waals surface area contributed by atoms with Gasteiger partial charge in [0.2, 0.25) is 0 Å². The summed E-state index contributed by atoms with van der Waals surface area (Å²) in [4.78, 5) is 38.8. The normalized spacial score (nSPS) is 14.0. The third-order valence-electron chi connectivity index (χ3n) is 5.97. The molecule has 2 amide bonds. The number of carbonyl (C=O) groups excluding carboxylic acids is 2. The van der Waals surface area contributed by atoms with Crippen molar-refractivity contribution in [1.82, 2.24) is 10.2 Å². The molecular weight excluding hydrogens is 440 g/mol. The zero-order valence-electron chi connectivity index (χ0n) is 18.2. The maximum absolute atomic E-state index is 13.0. The molecular formula is C25H24N2O5S. The first kappa shape index (κ1) is 22.5. The lowest BCUT2D eigenvalue weighted by Crippen LogP contribution is -2.47. The summed E-state index contributed by atoms with van der Waals surface area (Å²) in [6.07, 6.45) is -0.736. The first-order valence-corrected chi connectivity index (χ1v) is 11.4. The van der Waals surface area contributed by atoms with E-state index in [1.807, 2.05) is 36.4 Å². The van der Waals surface area contributed by atoms with Crippen LogP contribution in [0.25, 0.3) is 11.1 Å². The average Bonchev–Trinajstić information content (AvgIpc) is 3.46. The van der Waals surface area contributed by atoms with Crippen LogP contribution >= 0.6 is 11.3 Å². The number of fused-ring (bicyclic) bond motifs is 3. The van der Waals surface area contributed by atoms with E-state index in [-0.39, 0.29) is 12.5 Å². The fraction of sp³-hybridized carbons (Fsp3) is 0.240. The van der Waals surface area contributed by atoms with Gasteiger partial charge in [0.25, 0.3) is 5.91 Å². The topological polar surface area (TPSA) is 95.9 Å². The molecule has 0 fully saturated rings. The van der Waals surface area contributed by atoms with Crippen LogP contribution in [0.2, 0.25) is 0 Å². The molecule has 0 aliphatic heterocycles. The van der Waals surface area contributed by atoms with E-state index in [4.69, 9.17) is 4.74 Å². The highest BCUT2D eigenvalue weighted by atomic mass is 32.1. The van der Waals surface area contributed by atoms with E-state index < -0.39 is 30.1 Å². The van der Waals surface area contributed by atoms with Gasteiger partial charge in [-0.15, -0.1) is 11.3 Å². The number of carboxylic acids is 1. The third-order valence-corrected chi connectivity index (χ3v) is 6.90. The first-order valence-electron chi connectivity index (χ1n) is 10.5. The predicted molar refractivity (Wildman–Crippen MR) is 125 cm³/mol. The highest BCUT2D eigenvalue weighted by Gasteiger charge is 2.33. The molecule has 0 radical (unpaired) electrons. The lowest BCUT2D eigenvalue weighted by Gasteiger charge is -2.26. The zero-order valence-corrected chi connectivity index (χ0v) is 19.0. The van der Waals surface area contributed by atoms with E-state index >= 15 is 0 Å². The number of benzene rings is 2. The van der Waals surface area contributed by atoms with Gasteiger partial charge in [0.15, 0.2) is 0 Å². The molecule has 2 unspecified atom stereocenters. The Balaban J connectivity index is 1.49. The van der Waals surface area contributed by atoms with E-state index in [0.717, 1.165) is 27.2 Å². The first-order chi connectivity index (χ1) is 15.9. The minimum absolute atomic E-state index is 0.103. The zero-order chi connectivity index (χ0) is 23.5. The van der Waals surface area contributed by atoms with Crippen molar-refractivity contribution in [3.8, 4) is 11.1 Å². The van der Waals surface area contributed by atoms with Crippen LogP contribution < -0.4 is 5.32 Å². The van der Waals surface area contributed by atoms with Crippen LogP contribution in [0, 0.1) is 0 Å². The van der Waals surface area contributed by atoms with Crippen LogP contribution in [0.4, 0.5) is 4.79 Å². The van der Waals surface area contributed by atoms with Crippen molar-refractivity contribution in [2.75, 3.05) is 13.7 Å². The number of rotatable bonds is 7. The molecule has 1 heterocycles. The summed E-state index contributed by atoms with van der Waals surface area (Å²) in [5.74, 6) is -1.76. The molecule has 1 aliphatic carbocycles. The Bertz CT molecular complexity index is 1130. The van der Waals surface area contributed by atoms with Crippen LogP contribution in [-0.2, 0) is 14.3 Å². The smallest absolute Gasteiger partial charge is 0.408 e. The van der Waals surface area contributed by atoms with Crippen LogP contribution in [-0.4, -0.2) is 47.7 Å². The molecule has 1 aliphatic rings. The maximum Gasteiger partial charge on any atom is 0.408 e. The quantitative estimate of drug-likeness (QED) is 0.545. The summed E-state index contributed by atoms with van der Waals surface area (Å²) in [6, 6.07) is 17.5. The largest absolute Gasteiger partial charge is 0.480 e. The van der Waals surface area contributed by atoms with E-state index in [2.05, 4.69) is 17.4 Å². The fourth-order valence-corrected chi connectivity index (χ4v) is 4.80. The molecule has 2 N–H and O–H groups in total. The number of alkyl carbamates (subject to hydrolysis) is 1. The summed E-state index contributed by atoms with van der Waals surface area (Å²) in [5.41, 5.74) is 4.43. The number of ether oxygens (including phenoxy) is 1. The van der Waals surface area contributed by atoms with Gasteiger partial charge in [0, 0.05) is 17.8 Å². The average molecular weight is 465 g/mol. The van der Waals surface area contributed by atoms with Crippen molar-refractivity contribution in [2.45, 2.75) is 24.9 Å². The summed E-state index contributed by atoms with van der Waals surface area (Å²) in [6.45, 7) is 1.53. The van der Waals surface area contributed by atoms with Gasteiger partial charge in [0.1, 0.15) is 18.7 Å². The van der Waals surface area contributed by atoms with Crippen molar-refractivity contribution in [3.63, 3.8) is 0 Å². The molecule has 2 atom stereocenters. The van der Waals surface area contributed by atoms with Crippen molar-refractivity contribution >= 4 is 29.3 Å². The van der Waals surface area contributed by atoms with Gasteiger partial charge in [-0.1, -0.05) is 54.6 Å². The number of nitrogens with zero attached hydrogens (tertiary/aromatic N) is 1. The van der Waals surface area contributed by atoms with E-state index in [1.54, 1.807) is 17.5 Å². The number of thiophene rings is 1. The number of amides is 2. The molecule has 4 rings (SSSR count). The molecule has 0 bridgehead atoms. The second-order valence-electron chi connectivity index (χ2n) is 7.88. The molecule has 2 aromatic carbocycles. The molecule has 3 aromatic rings. The van der Waals surface area contributed by atoms with Gasteiger partial charge in [-0.25, -0.2) is 9.59 Å². The molecule has 8 heteroatoms. The van der Waals surface area contributed by atoms with Gasteiger partial charge >= 0.3 is 12.1 Å². The number of aliphatic carboxylic acids is 1. The van der Waals surface area contributed by atoms with Crippen LogP contribution in [0.1, 0.15) is 34.9 Å². The number of nitrogens with one attached hydrogen (secondary N) is 1. The number of hydrogen-bond donors (Lipinski definition) is 2. The summed E-state index contributed by atoms with van der Waals surface area (Å²) >= 11 is 1.30. The van der Waals surface area contributed by atoms with Crippen LogP contribution in [0.5, 0.6) is 0 Å². The third kappa shape index (κ3) is 4.47. The van der Waals surface area contributed by atoms with Crippen molar-refractivity contribution in [3.05, 3.63) is 82.0 Å². The van der Waals surface area contributed by atoms with Crippen LogP contribution in [0.3, 0.4) is 0 Å². The lowest BCUT2D eigenvalue weighted by molar-refractivity contribution is -0.149. The van der Waals surface area contributed by atoms with Crippen LogP contribution in [0.15, 0.2) is 66.0 Å². The Morgan fingerprint density at radius 2 is 1.64 bits per heavy atom. The molecule has 1 aromatic heterocycles. The molecule has 33 heavy (non-hydrogen) atoms. The Morgan fingerprint density at radius 1 is 1.03 bits per heavy atom. The number of carboxylic acid groups (broad SMARTS) is 1. The molecule has 7 nitrogen and oxygen atoms in total. The number of carbonyl (C=O) groups is 3. The van der Waals surface area contributed by atoms with Gasteiger partial charge in [-0.2, -0.15) is 0 Å². The lowest BCUT2D eigenvalue weighted by atomic mass is 9.98. The second kappa shape index (κ2) is 9.46. The Morgan fingerprint density at radius 3 is 2.18 bits per heavy atom. The monoisotopic (exact) mass is 464 g/mol. The molecule has 0 saturated carbocycles. The van der Waals surface area contributed by atoms with Gasteiger partial charge in [-0.05, 0) is 40.6 Å². The van der Waals surface area contributed by atoms with E-state index in [9.17, 15) is 19.5 Å². The molecule has 0 spiro atoms. The Kier molecular flexibility index (Phi) is 6.46. The summed E-state index contributed by atoms with van der Waals surface area (Å²) < 4.78 is 5.57. The number of likely N-dealkylation sites (N-methyl/N-ethyl adjacent to an activating group) is 1. The Labute approximate surface area is 195 Å². The van der Waals surface area contributed by atoms with Crippen molar-refractivity contribution in [1.29, 1.82) is 0 Å². The number of hydrogen-bond acceptors (Lipinski definition) is 5. The van der Waals surface area contributed by atoms with Crippen molar-refractivity contribution < 1.29 is 24.2 Å². The predicted octanol–water partition coefficient (Wildman–Crippen LogP) is 4.26. The highest BCUT2D eigenvalue weighted by Crippen LogP contribution is 2.44. The maximum atomic E-state index is 13.0. The van der Waals surface area contributed by atoms with Gasteiger partial charge in [-0.3, -0.25) is 4.79 Å². The highest BCUT2D eigenvalue weighted by molar-refractivity contribution is 7.10. The molecule has 0 saturated heterocycles. The fourth-order valence-electron chi connectivity index (χ4n) is 4.03. The summed E-state index contributed by atoms with van der Waals surface area (Å²) in [5, 5.41) is 13.7. The SMILES string of the molecule is CC(C(=O)O)N(C)C(=O)C(NC(=O)OCC1c2ccccc2-c2ccccc21)c1cccs1. The van der Waals surface area contributed by atoms with E-state index in [1.165, 1.54) is 25.3 Å². The summed E-state index contributed by atoms with van der Waals surface area (Å²) in [7, 11) is 1.40. The van der Waals surface area contributed by atoms with E-state index in [0.29, 0.717) is 4.88 Å². The van der Waals surface area contributed by atoms with Gasteiger partial charge < -0.3 is 20.1 Å².